The van der Waals surface area contributed by atoms with Crippen molar-refractivity contribution < 1.29 is 5.84 Å². The average molecular weight is 416 g/mol. The molecule has 4 heterocycles. The topological polar surface area (TPSA) is 84.1 Å². The summed E-state index contributed by atoms with van der Waals surface area (Å²) in [5.41, 5.74) is 3.79. The second-order valence-corrected chi connectivity index (χ2v) is 7.66. The van der Waals surface area contributed by atoms with E-state index in [-0.39, 0.29) is 1.43 Å². The number of aryl methyl sites for hydroxylation is 1. The SMILES string of the molecule is Cc1ncc(-c2ccc(N3CCN(C)CC3)nc2)nc1-c1nnc(-c2ccccc2)o1.[HH]. The number of benzene rings is 1. The molecule has 0 unspecified atom stereocenters. The fraction of sp³-hybridized carbons (Fsp3) is 0.261. The minimum atomic E-state index is 0. The number of hydrogen-bond acceptors (Lipinski definition) is 8. The van der Waals surface area contributed by atoms with E-state index in [2.05, 4.69) is 37.0 Å². The highest BCUT2D eigenvalue weighted by atomic mass is 16.4. The summed E-state index contributed by atoms with van der Waals surface area (Å²) in [5, 5.41) is 8.36. The zero-order chi connectivity index (χ0) is 21.2. The molecule has 0 radical (unpaired) electrons. The van der Waals surface area contributed by atoms with Crippen molar-refractivity contribution in [3.63, 3.8) is 0 Å². The van der Waals surface area contributed by atoms with Crippen molar-refractivity contribution >= 4 is 5.82 Å². The van der Waals surface area contributed by atoms with Gasteiger partial charge in [0, 0.05) is 44.9 Å². The maximum absolute atomic E-state index is 5.88. The molecule has 158 valence electrons. The number of hydrogen-bond donors (Lipinski definition) is 0. The zero-order valence-electron chi connectivity index (χ0n) is 17.6. The van der Waals surface area contributed by atoms with Crippen molar-refractivity contribution in [3.8, 4) is 34.3 Å². The van der Waals surface area contributed by atoms with Crippen molar-refractivity contribution in [1.29, 1.82) is 0 Å². The highest BCUT2D eigenvalue weighted by Gasteiger charge is 2.18. The lowest BCUT2D eigenvalue weighted by atomic mass is 10.2. The van der Waals surface area contributed by atoms with Gasteiger partial charge in [0.1, 0.15) is 11.5 Å². The molecule has 31 heavy (non-hydrogen) atoms. The molecule has 0 N–H and O–H groups in total. The molecule has 1 aliphatic rings. The van der Waals surface area contributed by atoms with Crippen molar-refractivity contribution in [2.45, 2.75) is 6.92 Å². The fourth-order valence-corrected chi connectivity index (χ4v) is 3.57. The summed E-state index contributed by atoms with van der Waals surface area (Å²) in [5.74, 6) is 1.80. The molecule has 4 aromatic rings. The Morgan fingerprint density at radius 2 is 1.61 bits per heavy atom. The molecule has 1 saturated heterocycles. The van der Waals surface area contributed by atoms with Crippen LogP contribution in [-0.2, 0) is 0 Å². The largest absolute Gasteiger partial charge is 0.415 e. The first-order valence-electron chi connectivity index (χ1n) is 10.3. The van der Waals surface area contributed by atoms with Gasteiger partial charge in [-0.2, -0.15) is 0 Å². The molecular weight excluding hydrogens is 390 g/mol. The Kier molecular flexibility index (Phi) is 5.13. The molecule has 8 nitrogen and oxygen atoms in total. The first kappa shape index (κ1) is 19.3. The van der Waals surface area contributed by atoms with Crippen LogP contribution in [0.25, 0.3) is 34.3 Å². The number of likely N-dealkylation sites (N-methyl/N-ethyl adjacent to an activating group) is 1. The smallest absolute Gasteiger partial charge is 0.268 e. The molecule has 0 spiro atoms. The Morgan fingerprint density at radius 3 is 2.35 bits per heavy atom. The summed E-state index contributed by atoms with van der Waals surface area (Å²) in [7, 11) is 2.15. The van der Waals surface area contributed by atoms with Gasteiger partial charge in [-0.25, -0.2) is 9.97 Å². The van der Waals surface area contributed by atoms with Gasteiger partial charge in [-0.1, -0.05) is 18.2 Å². The minimum absolute atomic E-state index is 0. The van der Waals surface area contributed by atoms with E-state index in [1.165, 1.54) is 0 Å². The van der Waals surface area contributed by atoms with Crippen molar-refractivity contribution in [2.24, 2.45) is 0 Å². The van der Waals surface area contributed by atoms with Gasteiger partial charge in [0.2, 0.25) is 5.89 Å². The Hall–Kier alpha value is -3.65. The molecule has 0 aliphatic carbocycles. The van der Waals surface area contributed by atoms with E-state index < -0.39 is 0 Å². The van der Waals surface area contributed by atoms with Crippen molar-refractivity contribution in [2.75, 3.05) is 38.1 Å². The first-order valence-corrected chi connectivity index (χ1v) is 10.3. The Balaban J connectivity index is 0.00000245. The first-order chi connectivity index (χ1) is 15.2. The van der Waals surface area contributed by atoms with Crippen LogP contribution in [0, 0.1) is 6.92 Å². The third-order valence-electron chi connectivity index (χ3n) is 5.47. The van der Waals surface area contributed by atoms with Crippen LogP contribution >= 0.6 is 0 Å². The molecular formula is C23H25N7O. The molecule has 0 saturated carbocycles. The monoisotopic (exact) mass is 415 g/mol. The third kappa shape index (κ3) is 4.02. The maximum Gasteiger partial charge on any atom is 0.268 e. The molecule has 0 amide bonds. The fourth-order valence-electron chi connectivity index (χ4n) is 3.57. The van der Waals surface area contributed by atoms with Crippen LogP contribution in [0.3, 0.4) is 0 Å². The molecule has 1 aliphatic heterocycles. The van der Waals surface area contributed by atoms with Crippen LogP contribution in [0.4, 0.5) is 5.82 Å². The highest BCUT2D eigenvalue weighted by molar-refractivity contribution is 5.64. The van der Waals surface area contributed by atoms with Gasteiger partial charge in [-0.15, -0.1) is 10.2 Å². The standard InChI is InChI=1S/C23H23N7O.H2/c1-16-21(23-28-27-22(31-23)17-6-4-3-5-7-17)26-19(15-24-16)18-8-9-20(25-14-18)30-12-10-29(2)11-13-30;/h3-9,14-15H,10-13H2,1-2H3;1H. The quantitative estimate of drug-likeness (QED) is 0.500. The molecule has 0 atom stereocenters. The zero-order valence-corrected chi connectivity index (χ0v) is 17.6. The van der Waals surface area contributed by atoms with E-state index in [0.29, 0.717) is 17.5 Å². The van der Waals surface area contributed by atoms with E-state index in [0.717, 1.165) is 54.5 Å². The Bertz CT molecular complexity index is 1170. The van der Waals surface area contributed by atoms with E-state index in [9.17, 15) is 0 Å². The third-order valence-corrected chi connectivity index (χ3v) is 5.47. The molecule has 1 aromatic carbocycles. The van der Waals surface area contributed by atoms with Crippen molar-refractivity contribution in [3.05, 3.63) is 60.6 Å². The van der Waals surface area contributed by atoms with E-state index in [1.54, 1.807) is 6.20 Å². The van der Waals surface area contributed by atoms with Gasteiger partial charge in [0.05, 0.1) is 17.6 Å². The van der Waals surface area contributed by atoms with E-state index in [1.807, 2.05) is 55.6 Å². The summed E-state index contributed by atoms with van der Waals surface area (Å²) in [6, 6.07) is 13.8. The van der Waals surface area contributed by atoms with Crippen LogP contribution in [0.2, 0.25) is 0 Å². The second-order valence-electron chi connectivity index (χ2n) is 7.66. The Labute approximate surface area is 182 Å². The van der Waals surface area contributed by atoms with Gasteiger partial charge >= 0.3 is 0 Å². The minimum Gasteiger partial charge on any atom is -0.415 e. The number of aromatic nitrogens is 5. The Morgan fingerprint density at radius 1 is 0.839 bits per heavy atom. The van der Waals surface area contributed by atoms with Gasteiger partial charge in [-0.3, -0.25) is 4.98 Å². The van der Waals surface area contributed by atoms with Crippen LogP contribution in [0.5, 0.6) is 0 Å². The van der Waals surface area contributed by atoms with Gasteiger partial charge in [0.25, 0.3) is 5.89 Å². The summed E-state index contributed by atoms with van der Waals surface area (Å²) in [6.45, 7) is 5.94. The molecule has 3 aromatic heterocycles. The number of anilines is 1. The van der Waals surface area contributed by atoms with Crippen LogP contribution in [0.15, 0.2) is 59.3 Å². The van der Waals surface area contributed by atoms with Gasteiger partial charge in [-0.05, 0) is 38.2 Å². The summed E-state index contributed by atoms with van der Waals surface area (Å²) in [6.07, 6.45) is 3.60. The highest BCUT2D eigenvalue weighted by Crippen LogP contribution is 2.27. The summed E-state index contributed by atoms with van der Waals surface area (Å²) >= 11 is 0. The number of pyridine rings is 1. The molecule has 5 rings (SSSR count). The van der Waals surface area contributed by atoms with Crippen molar-refractivity contribution in [1.82, 2.24) is 30.0 Å². The predicted octanol–water partition coefficient (Wildman–Crippen LogP) is 3.56. The summed E-state index contributed by atoms with van der Waals surface area (Å²) < 4.78 is 5.88. The van der Waals surface area contributed by atoms with Crippen LogP contribution in [0.1, 0.15) is 7.12 Å². The number of piperazine rings is 1. The van der Waals surface area contributed by atoms with E-state index in [4.69, 9.17) is 9.40 Å². The molecule has 1 fully saturated rings. The van der Waals surface area contributed by atoms with E-state index >= 15 is 0 Å². The maximum atomic E-state index is 5.88. The average Bonchev–Trinajstić information content (AvgIpc) is 3.31. The van der Waals surface area contributed by atoms with Crippen LogP contribution < -0.4 is 4.90 Å². The summed E-state index contributed by atoms with van der Waals surface area (Å²) in [4.78, 5) is 18.5. The lowest BCUT2D eigenvalue weighted by molar-refractivity contribution is 0.312. The van der Waals surface area contributed by atoms with Crippen LogP contribution in [-0.4, -0.2) is 63.3 Å². The lowest BCUT2D eigenvalue weighted by Gasteiger charge is -2.33. The predicted molar refractivity (Wildman–Crippen MR) is 121 cm³/mol. The number of rotatable bonds is 4. The van der Waals surface area contributed by atoms with Gasteiger partial charge in [0.15, 0.2) is 0 Å². The number of nitrogens with zero attached hydrogens (tertiary/aromatic N) is 7. The normalized spacial score (nSPS) is 14.7. The molecule has 0 bridgehead atoms. The lowest BCUT2D eigenvalue weighted by Crippen LogP contribution is -2.44. The molecule has 8 heteroatoms. The van der Waals surface area contributed by atoms with Gasteiger partial charge < -0.3 is 14.2 Å². The second kappa shape index (κ2) is 8.23.